The second-order valence-corrected chi connectivity index (χ2v) is 8.63. The summed E-state index contributed by atoms with van der Waals surface area (Å²) in [6, 6.07) is 0. The second kappa shape index (κ2) is 19.0. The van der Waals surface area contributed by atoms with Crippen molar-refractivity contribution < 1.29 is 46.7 Å². The van der Waals surface area contributed by atoms with Crippen LogP contribution in [0.2, 0.25) is 0 Å². The summed E-state index contributed by atoms with van der Waals surface area (Å²) in [6.45, 7) is 8.71. The van der Waals surface area contributed by atoms with Crippen LogP contribution in [0.5, 0.6) is 0 Å². The van der Waals surface area contributed by atoms with E-state index in [0.29, 0.717) is 55.2 Å². The molecule has 0 aromatic heterocycles. The molecular weight excluding hydrogens is 479 g/mol. The van der Waals surface area contributed by atoms with Crippen molar-refractivity contribution in [1.82, 2.24) is 0 Å². The largest absolute Gasteiger partial charge is 0.483 e. The van der Waals surface area contributed by atoms with Crippen LogP contribution in [0.15, 0.2) is 34.9 Å². The van der Waals surface area contributed by atoms with E-state index in [0.717, 1.165) is 0 Å². The lowest BCUT2D eigenvalue weighted by atomic mass is 10.2. The van der Waals surface area contributed by atoms with E-state index < -0.39 is 46.1 Å². The Kier molecular flexibility index (Phi) is 17.8. The highest BCUT2D eigenvalue weighted by molar-refractivity contribution is 7.48. The summed E-state index contributed by atoms with van der Waals surface area (Å²) < 4.78 is 43.0. The van der Waals surface area contributed by atoms with Crippen molar-refractivity contribution in [2.45, 2.75) is 80.1 Å². The average molecular weight is 519 g/mol. The van der Waals surface area contributed by atoms with Gasteiger partial charge in [0, 0.05) is 16.7 Å². The third kappa shape index (κ3) is 13.4. The van der Waals surface area contributed by atoms with Crippen molar-refractivity contribution in [2.24, 2.45) is 0 Å². The maximum Gasteiger partial charge on any atom is 0.483 e. The highest BCUT2D eigenvalue weighted by Crippen LogP contribution is 2.49. The van der Waals surface area contributed by atoms with Gasteiger partial charge in [-0.25, -0.2) is 32.5 Å². The van der Waals surface area contributed by atoms with Crippen LogP contribution in [-0.2, 0) is 46.7 Å². The quantitative estimate of drug-likeness (QED) is 0.0713. The summed E-state index contributed by atoms with van der Waals surface area (Å²) in [7, 11) is -4.44. The van der Waals surface area contributed by atoms with E-state index in [2.05, 4.69) is 0 Å². The van der Waals surface area contributed by atoms with Crippen LogP contribution in [0.1, 0.15) is 80.1 Å². The van der Waals surface area contributed by atoms with E-state index in [-0.39, 0.29) is 0 Å². The standard InChI is InChI=1S/C24H39O10P/c1-7-13-19(10-4)22(25)29-16-32-35(28,33-17-30-23(26)20(11-5)14-8-2)34-18-31-24(27)21(12-6)15-9-3/h13-15H,7-12,16-18H2,1-6H3/b19-13+,20-14+,21-15+. The van der Waals surface area contributed by atoms with E-state index >= 15 is 0 Å². The molecule has 0 bridgehead atoms. The fourth-order valence-electron chi connectivity index (χ4n) is 2.68. The molecule has 0 aromatic rings. The predicted molar refractivity (Wildman–Crippen MR) is 130 cm³/mol. The van der Waals surface area contributed by atoms with Gasteiger partial charge >= 0.3 is 25.7 Å². The molecule has 200 valence electrons. The topological polar surface area (TPSA) is 124 Å². The minimum atomic E-state index is -4.44. The molecule has 11 heteroatoms. The average Bonchev–Trinajstić information content (AvgIpc) is 2.83. The monoisotopic (exact) mass is 518 g/mol. The second-order valence-electron chi connectivity index (χ2n) is 6.96. The van der Waals surface area contributed by atoms with Crippen LogP contribution in [0.25, 0.3) is 0 Å². The molecule has 0 amide bonds. The summed E-state index contributed by atoms with van der Waals surface area (Å²) in [6.07, 6.45) is 8.36. The van der Waals surface area contributed by atoms with Gasteiger partial charge in [0.2, 0.25) is 20.4 Å². The fourth-order valence-corrected chi connectivity index (χ4v) is 3.45. The SMILES string of the molecule is CC/C=C(\CC)C(=O)OCOP(=O)(OCOC(=O)/C(=C/CC)CC)OCOC(=O)/C(=C/CC)CC. The molecule has 0 unspecified atom stereocenters. The van der Waals surface area contributed by atoms with Crippen molar-refractivity contribution in [1.29, 1.82) is 0 Å². The van der Waals surface area contributed by atoms with Gasteiger partial charge in [0.1, 0.15) is 0 Å². The number of allylic oxidation sites excluding steroid dienone is 3. The first-order chi connectivity index (χ1) is 16.7. The Bertz CT molecular complexity index is 709. The smallest absolute Gasteiger partial charge is 0.435 e. The Balaban J connectivity index is 5.17. The summed E-state index contributed by atoms with van der Waals surface area (Å²) >= 11 is 0. The Labute approximate surface area is 208 Å². The van der Waals surface area contributed by atoms with Crippen LogP contribution >= 0.6 is 7.82 Å². The minimum absolute atomic E-state index is 0.431. The summed E-state index contributed by atoms with van der Waals surface area (Å²) in [5.74, 6) is -1.94. The molecule has 0 aliphatic heterocycles. The normalized spacial score (nSPS) is 12.9. The minimum Gasteiger partial charge on any atom is -0.435 e. The first-order valence-corrected chi connectivity index (χ1v) is 13.3. The van der Waals surface area contributed by atoms with E-state index in [1.165, 1.54) is 0 Å². The number of carbonyl (C=O) groups excluding carboxylic acids is 3. The lowest BCUT2D eigenvalue weighted by molar-refractivity contribution is -0.152. The third-order valence-electron chi connectivity index (χ3n) is 4.48. The molecule has 0 radical (unpaired) electrons. The summed E-state index contributed by atoms with van der Waals surface area (Å²) in [5.41, 5.74) is 1.29. The summed E-state index contributed by atoms with van der Waals surface area (Å²) in [4.78, 5) is 36.3. The van der Waals surface area contributed by atoms with Gasteiger partial charge in [0.15, 0.2) is 0 Å². The zero-order valence-corrected chi connectivity index (χ0v) is 22.5. The van der Waals surface area contributed by atoms with Gasteiger partial charge in [-0.15, -0.1) is 0 Å². The van der Waals surface area contributed by atoms with Crippen molar-refractivity contribution in [2.75, 3.05) is 20.4 Å². The number of rotatable bonds is 18. The van der Waals surface area contributed by atoms with Crippen molar-refractivity contribution in [3.8, 4) is 0 Å². The number of phosphoric acid groups is 1. The lowest BCUT2D eigenvalue weighted by Crippen LogP contribution is -2.15. The molecule has 0 fully saturated rings. The van der Waals surface area contributed by atoms with Gasteiger partial charge in [0.25, 0.3) is 0 Å². The number of carbonyl (C=O) groups is 3. The molecule has 10 nitrogen and oxygen atoms in total. The Morgan fingerprint density at radius 3 is 1.00 bits per heavy atom. The van der Waals surface area contributed by atoms with Gasteiger partial charge in [-0.05, 0) is 38.5 Å². The first-order valence-electron chi connectivity index (χ1n) is 11.8. The van der Waals surface area contributed by atoms with Crippen LogP contribution in [0, 0.1) is 0 Å². The zero-order chi connectivity index (χ0) is 26.7. The Morgan fingerprint density at radius 1 is 0.543 bits per heavy atom. The lowest BCUT2D eigenvalue weighted by Gasteiger charge is -2.18. The Hall–Kier alpha value is -2.26. The van der Waals surface area contributed by atoms with Gasteiger partial charge in [-0.1, -0.05) is 59.8 Å². The van der Waals surface area contributed by atoms with E-state index in [1.54, 1.807) is 39.0 Å². The van der Waals surface area contributed by atoms with E-state index in [1.807, 2.05) is 20.8 Å². The van der Waals surface area contributed by atoms with Crippen LogP contribution in [-0.4, -0.2) is 38.3 Å². The van der Waals surface area contributed by atoms with Gasteiger partial charge in [-0.2, -0.15) is 0 Å². The van der Waals surface area contributed by atoms with E-state index in [4.69, 9.17) is 27.8 Å². The molecule has 0 aliphatic carbocycles. The first kappa shape index (κ1) is 32.7. The van der Waals surface area contributed by atoms with Crippen LogP contribution in [0.4, 0.5) is 0 Å². The zero-order valence-electron chi connectivity index (χ0n) is 21.6. The Morgan fingerprint density at radius 2 is 0.800 bits per heavy atom. The third-order valence-corrected chi connectivity index (χ3v) is 5.75. The molecule has 0 saturated carbocycles. The van der Waals surface area contributed by atoms with E-state index in [9.17, 15) is 18.9 Å². The molecule has 0 atom stereocenters. The molecule has 0 aliphatic rings. The maximum atomic E-state index is 13.0. The van der Waals surface area contributed by atoms with Crippen molar-refractivity contribution in [3.63, 3.8) is 0 Å². The molecule has 0 N–H and O–H groups in total. The highest BCUT2D eigenvalue weighted by Gasteiger charge is 2.30. The molecule has 0 aromatic carbocycles. The number of esters is 3. The number of phosphoric ester groups is 1. The van der Waals surface area contributed by atoms with Crippen molar-refractivity contribution in [3.05, 3.63) is 34.9 Å². The molecule has 0 rings (SSSR count). The predicted octanol–water partition coefficient (Wildman–Crippen LogP) is 5.89. The highest BCUT2D eigenvalue weighted by atomic mass is 31.2. The van der Waals surface area contributed by atoms with Crippen molar-refractivity contribution >= 4 is 25.7 Å². The van der Waals surface area contributed by atoms with Crippen LogP contribution < -0.4 is 0 Å². The molecular formula is C24H39O10P. The fraction of sp³-hybridized carbons (Fsp3) is 0.625. The number of hydrogen-bond acceptors (Lipinski definition) is 10. The van der Waals surface area contributed by atoms with Gasteiger partial charge < -0.3 is 14.2 Å². The van der Waals surface area contributed by atoms with Crippen LogP contribution in [0.3, 0.4) is 0 Å². The van der Waals surface area contributed by atoms with Gasteiger partial charge in [-0.3, -0.25) is 0 Å². The molecule has 35 heavy (non-hydrogen) atoms. The molecule has 0 heterocycles. The number of ether oxygens (including phenoxy) is 3. The van der Waals surface area contributed by atoms with Gasteiger partial charge in [0.05, 0.1) is 0 Å². The number of hydrogen-bond donors (Lipinski definition) is 0. The maximum absolute atomic E-state index is 13.0. The molecule has 0 saturated heterocycles. The summed E-state index contributed by atoms with van der Waals surface area (Å²) in [5, 5.41) is 0. The molecule has 0 spiro atoms.